The van der Waals surface area contributed by atoms with Gasteiger partial charge < -0.3 is 15.0 Å². The van der Waals surface area contributed by atoms with Crippen molar-refractivity contribution >= 4 is 45.8 Å². The van der Waals surface area contributed by atoms with Gasteiger partial charge in [-0.05, 0) is 18.2 Å². The first kappa shape index (κ1) is 22.7. The Balaban J connectivity index is 1.96. The number of anilines is 1. The van der Waals surface area contributed by atoms with Gasteiger partial charge in [-0.25, -0.2) is 4.98 Å². The van der Waals surface area contributed by atoms with Crippen molar-refractivity contribution in [2.24, 2.45) is 0 Å². The highest BCUT2D eigenvalue weighted by Crippen LogP contribution is 2.21. The van der Waals surface area contributed by atoms with E-state index in [2.05, 4.69) is 20.0 Å². The van der Waals surface area contributed by atoms with Crippen molar-refractivity contribution in [3.05, 3.63) is 78.7 Å². The maximum absolute atomic E-state index is 12.8. The average molecular weight is 455 g/mol. The molecule has 0 radical (unpaired) electrons. The summed E-state index contributed by atoms with van der Waals surface area (Å²) in [5, 5.41) is 23.8. The number of nitro benzene ring substituents is 2. The lowest BCUT2D eigenvalue weighted by Crippen LogP contribution is -2.37. The van der Waals surface area contributed by atoms with E-state index < -0.39 is 44.7 Å². The third-order valence-electron chi connectivity index (χ3n) is 4.44. The number of non-ortho nitro benzene ring substituents is 2. The van der Waals surface area contributed by atoms with E-state index >= 15 is 0 Å². The van der Waals surface area contributed by atoms with Crippen molar-refractivity contribution < 1.29 is 29.0 Å². The molecule has 0 saturated heterocycles. The smallest absolute Gasteiger partial charge is 0.323 e. The quantitative estimate of drug-likeness (QED) is 0.171. The highest BCUT2D eigenvalue weighted by molar-refractivity contribution is 6.45. The maximum atomic E-state index is 12.8. The molecule has 0 bridgehead atoms. The van der Waals surface area contributed by atoms with Crippen LogP contribution in [0.5, 0.6) is 0 Å². The Bertz CT molecular complexity index is 1360. The number of nitrogens with one attached hydrogen (secondary N) is 2. The standard InChI is InChI=1S/C19H13N5O9/c1-33-19(28)14(16(25)18(27)20-9-2-4-10(5-3-9)23(29)30)15-17(26)22-13-8-11(24(31)32)6-7-12(13)21-15/h2-8,14H,1H3,(H,20,27)(H,22,26). The number of esters is 1. The van der Waals surface area contributed by atoms with Crippen LogP contribution in [-0.2, 0) is 19.1 Å². The minimum absolute atomic E-state index is 0.0210. The summed E-state index contributed by atoms with van der Waals surface area (Å²) in [7, 11) is 0.940. The molecule has 1 amide bonds. The molecule has 0 aliphatic rings. The molecule has 0 aliphatic heterocycles. The van der Waals surface area contributed by atoms with Gasteiger partial charge in [0.2, 0.25) is 5.78 Å². The fourth-order valence-corrected chi connectivity index (χ4v) is 2.85. The molecule has 2 aromatic carbocycles. The third-order valence-corrected chi connectivity index (χ3v) is 4.44. The summed E-state index contributed by atoms with van der Waals surface area (Å²) < 4.78 is 4.55. The number of hydrogen-bond donors (Lipinski definition) is 2. The predicted octanol–water partition coefficient (Wildman–Crippen LogP) is 1.20. The number of Topliss-reactive ketones (excluding diaryl/α,β-unsaturated/α-hetero) is 1. The first-order chi connectivity index (χ1) is 15.6. The largest absolute Gasteiger partial charge is 0.468 e. The fourth-order valence-electron chi connectivity index (χ4n) is 2.85. The molecule has 0 saturated carbocycles. The predicted molar refractivity (Wildman–Crippen MR) is 111 cm³/mol. The molecule has 14 nitrogen and oxygen atoms in total. The molecule has 1 atom stereocenters. The number of methoxy groups -OCH3 is 1. The zero-order valence-electron chi connectivity index (χ0n) is 16.6. The van der Waals surface area contributed by atoms with E-state index in [9.17, 15) is 39.4 Å². The number of fused-ring (bicyclic) bond motifs is 1. The van der Waals surface area contributed by atoms with Gasteiger partial charge in [0.1, 0.15) is 5.69 Å². The van der Waals surface area contributed by atoms with Gasteiger partial charge in [-0.3, -0.25) is 39.4 Å². The Hall–Kier alpha value is -5.01. The fraction of sp³-hybridized carbons (Fsp3) is 0.105. The Kier molecular flexibility index (Phi) is 6.19. The number of hydrogen-bond acceptors (Lipinski definition) is 10. The molecular formula is C19H13N5O9. The zero-order chi connectivity index (χ0) is 24.3. The van der Waals surface area contributed by atoms with Crippen LogP contribution < -0.4 is 10.9 Å². The number of aromatic nitrogens is 2. The number of H-pyrrole nitrogens is 1. The summed E-state index contributed by atoms with van der Waals surface area (Å²) in [5.74, 6) is -5.95. The van der Waals surface area contributed by atoms with Crippen LogP contribution in [0.25, 0.3) is 11.0 Å². The number of rotatable bonds is 7. The van der Waals surface area contributed by atoms with E-state index in [-0.39, 0.29) is 28.1 Å². The lowest BCUT2D eigenvalue weighted by Gasteiger charge is -2.13. The van der Waals surface area contributed by atoms with Gasteiger partial charge in [-0.15, -0.1) is 0 Å². The van der Waals surface area contributed by atoms with Crippen molar-refractivity contribution in [1.29, 1.82) is 0 Å². The molecule has 1 heterocycles. The monoisotopic (exact) mass is 455 g/mol. The molecule has 14 heteroatoms. The van der Waals surface area contributed by atoms with Gasteiger partial charge in [0.05, 0.1) is 28.0 Å². The SMILES string of the molecule is COC(=O)C(C(=O)C(=O)Nc1ccc([N+](=O)[O-])cc1)c1nc2ccc([N+](=O)[O-])cc2[nH]c1=O. The van der Waals surface area contributed by atoms with Crippen molar-refractivity contribution in [2.45, 2.75) is 5.92 Å². The molecule has 2 N–H and O–H groups in total. The highest BCUT2D eigenvalue weighted by Gasteiger charge is 2.37. The lowest BCUT2D eigenvalue weighted by atomic mass is 9.99. The Morgan fingerprint density at radius 2 is 1.64 bits per heavy atom. The highest BCUT2D eigenvalue weighted by atomic mass is 16.6. The number of carbonyl (C=O) groups excluding carboxylic acids is 3. The molecule has 1 aromatic heterocycles. The molecule has 33 heavy (non-hydrogen) atoms. The van der Waals surface area contributed by atoms with Crippen LogP contribution >= 0.6 is 0 Å². The van der Waals surface area contributed by atoms with E-state index in [0.29, 0.717) is 0 Å². The van der Waals surface area contributed by atoms with E-state index in [1.54, 1.807) is 0 Å². The molecular weight excluding hydrogens is 442 g/mol. The van der Waals surface area contributed by atoms with Crippen molar-refractivity contribution in [1.82, 2.24) is 9.97 Å². The number of amides is 1. The minimum atomic E-state index is -2.03. The second kappa shape index (κ2) is 9.01. The van der Waals surface area contributed by atoms with E-state index in [0.717, 1.165) is 31.4 Å². The summed E-state index contributed by atoms with van der Waals surface area (Å²) in [6.07, 6.45) is 0. The van der Waals surface area contributed by atoms with Crippen LogP contribution in [0.1, 0.15) is 11.6 Å². The number of benzene rings is 2. The zero-order valence-corrected chi connectivity index (χ0v) is 16.6. The van der Waals surface area contributed by atoms with Crippen LogP contribution in [0, 0.1) is 20.2 Å². The van der Waals surface area contributed by atoms with Crippen molar-refractivity contribution in [3.63, 3.8) is 0 Å². The first-order valence-electron chi connectivity index (χ1n) is 8.98. The van der Waals surface area contributed by atoms with E-state index in [1.807, 2.05) is 0 Å². The number of nitro groups is 2. The van der Waals surface area contributed by atoms with Gasteiger partial charge >= 0.3 is 5.97 Å². The molecule has 3 aromatic rings. The molecule has 168 valence electrons. The molecule has 3 rings (SSSR count). The van der Waals surface area contributed by atoms with Gasteiger partial charge in [-0.2, -0.15) is 0 Å². The topological polar surface area (TPSA) is 204 Å². The van der Waals surface area contributed by atoms with Gasteiger partial charge in [0.15, 0.2) is 5.92 Å². The van der Waals surface area contributed by atoms with Gasteiger partial charge in [-0.1, -0.05) is 0 Å². The van der Waals surface area contributed by atoms with Crippen LogP contribution in [0.4, 0.5) is 17.1 Å². The Morgan fingerprint density at radius 3 is 2.21 bits per heavy atom. The van der Waals surface area contributed by atoms with Crippen LogP contribution in [-0.4, -0.2) is 44.6 Å². The Labute approximate surface area is 182 Å². The van der Waals surface area contributed by atoms with E-state index in [1.165, 1.54) is 18.2 Å². The Morgan fingerprint density at radius 1 is 1.03 bits per heavy atom. The van der Waals surface area contributed by atoms with Crippen molar-refractivity contribution in [2.75, 3.05) is 12.4 Å². The second-order valence-corrected chi connectivity index (χ2v) is 6.49. The number of ketones is 1. The molecule has 0 spiro atoms. The normalized spacial score (nSPS) is 11.4. The van der Waals surface area contributed by atoms with Crippen LogP contribution in [0.2, 0.25) is 0 Å². The van der Waals surface area contributed by atoms with Gasteiger partial charge in [0, 0.05) is 30.0 Å². The molecule has 0 aliphatic carbocycles. The molecule has 1 unspecified atom stereocenters. The summed E-state index contributed by atoms with van der Waals surface area (Å²) >= 11 is 0. The first-order valence-corrected chi connectivity index (χ1v) is 8.98. The third kappa shape index (κ3) is 4.68. The van der Waals surface area contributed by atoms with Crippen LogP contribution in [0.15, 0.2) is 47.3 Å². The summed E-state index contributed by atoms with van der Waals surface area (Å²) in [6.45, 7) is 0. The average Bonchev–Trinajstić information content (AvgIpc) is 2.79. The number of ether oxygens (including phenoxy) is 1. The summed E-state index contributed by atoms with van der Waals surface area (Å²) in [6, 6.07) is 7.87. The summed E-state index contributed by atoms with van der Waals surface area (Å²) in [5.41, 5.74) is -2.23. The number of nitrogens with zero attached hydrogens (tertiary/aromatic N) is 3. The maximum Gasteiger partial charge on any atom is 0.323 e. The lowest BCUT2D eigenvalue weighted by molar-refractivity contribution is -0.385. The second-order valence-electron chi connectivity index (χ2n) is 6.49. The van der Waals surface area contributed by atoms with Crippen molar-refractivity contribution in [3.8, 4) is 0 Å². The number of aromatic amines is 1. The molecule has 0 fully saturated rings. The van der Waals surface area contributed by atoms with Crippen LogP contribution in [0.3, 0.4) is 0 Å². The van der Waals surface area contributed by atoms with E-state index in [4.69, 9.17) is 0 Å². The summed E-state index contributed by atoms with van der Waals surface area (Å²) in [4.78, 5) is 76.5. The number of carbonyl (C=O) groups is 3. The van der Waals surface area contributed by atoms with Gasteiger partial charge in [0.25, 0.3) is 22.8 Å². The minimum Gasteiger partial charge on any atom is -0.468 e.